The van der Waals surface area contributed by atoms with Crippen LogP contribution in [0, 0.1) is 0 Å². The first kappa shape index (κ1) is 17.5. The van der Waals surface area contributed by atoms with Gasteiger partial charge in [-0.3, -0.25) is 4.68 Å². The third kappa shape index (κ3) is 6.72. The van der Waals surface area contributed by atoms with Gasteiger partial charge in [-0.25, -0.2) is 0 Å². The van der Waals surface area contributed by atoms with Crippen LogP contribution in [-0.4, -0.2) is 58.1 Å². The fraction of sp³-hybridized carbons (Fsp3) is 0.857. The summed E-state index contributed by atoms with van der Waals surface area (Å²) in [4.78, 5) is 2.40. The van der Waals surface area contributed by atoms with Crippen LogP contribution in [0.2, 0.25) is 0 Å². The number of rotatable bonds is 11. The average molecular weight is 299 g/mol. The van der Waals surface area contributed by atoms with Gasteiger partial charge in [0.25, 0.3) is 0 Å². The standard InChI is InChI=1S/C14H29N5S/c1-5-7-15-11-14-12-19(17-16-14)9-8-18(3)13(2)6-10-20-4/h12-13,15H,5-11H2,1-4H3. The molecule has 0 fully saturated rings. The van der Waals surface area contributed by atoms with Crippen molar-refractivity contribution in [1.82, 2.24) is 25.2 Å². The van der Waals surface area contributed by atoms with Crippen molar-refractivity contribution in [3.63, 3.8) is 0 Å². The molecule has 0 saturated heterocycles. The van der Waals surface area contributed by atoms with E-state index in [4.69, 9.17) is 0 Å². The van der Waals surface area contributed by atoms with Crippen LogP contribution in [0.5, 0.6) is 0 Å². The lowest BCUT2D eigenvalue weighted by molar-refractivity contribution is 0.239. The third-order valence-corrected chi connectivity index (χ3v) is 4.14. The van der Waals surface area contributed by atoms with E-state index < -0.39 is 0 Å². The first-order valence-corrected chi connectivity index (χ1v) is 8.85. The van der Waals surface area contributed by atoms with Crippen LogP contribution in [0.1, 0.15) is 32.4 Å². The molecular weight excluding hydrogens is 270 g/mol. The number of likely N-dealkylation sites (N-methyl/N-ethyl adjacent to an activating group) is 1. The molecule has 0 aliphatic carbocycles. The predicted octanol–water partition coefficient (Wildman–Crippen LogP) is 1.85. The molecule has 1 N–H and O–H groups in total. The normalized spacial score (nSPS) is 13.1. The van der Waals surface area contributed by atoms with Crippen molar-refractivity contribution in [2.75, 3.05) is 32.1 Å². The molecule has 0 spiro atoms. The Balaban J connectivity index is 2.27. The first-order valence-electron chi connectivity index (χ1n) is 7.46. The Kier molecular flexibility index (Phi) is 8.89. The summed E-state index contributed by atoms with van der Waals surface area (Å²) >= 11 is 1.91. The van der Waals surface area contributed by atoms with Crippen molar-refractivity contribution < 1.29 is 0 Å². The molecule has 6 heteroatoms. The number of hydrogen-bond donors (Lipinski definition) is 1. The molecule has 0 amide bonds. The summed E-state index contributed by atoms with van der Waals surface area (Å²) in [7, 11) is 2.19. The van der Waals surface area contributed by atoms with Crippen LogP contribution in [0.15, 0.2) is 6.20 Å². The van der Waals surface area contributed by atoms with Gasteiger partial charge in [0.15, 0.2) is 0 Å². The SMILES string of the molecule is CCCNCc1cn(CCN(C)C(C)CCSC)nn1. The third-order valence-electron chi connectivity index (χ3n) is 3.49. The molecule has 1 aromatic rings. The highest BCUT2D eigenvalue weighted by Crippen LogP contribution is 2.06. The van der Waals surface area contributed by atoms with E-state index in [9.17, 15) is 0 Å². The van der Waals surface area contributed by atoms with Gasteiger partial charge in [-0.05, 0) is 45.4 Å². The van der Waals surface area contributed by atoms with Crippen LogP contribution in [0.25, 0.3) is 0 Å². The Morgan fingerprint density at radius 3 is 3.00 bits per heavy atom. The fourth-order valence-electron chi connectivity index (χ4n) is 1.91. The van der Waals surface area contributed by atoms with E-state index in [1.54, 1.807) is 0 Å². The minimum absolute atomic E-state index is 0.622. The molecule has 0 aliphatic heterocycles. The fourth-order valence-corrected chi connectivity index (χ4v) is 2.49. The van der Waals surface area contributed by atoms with Gasteiger partial charge in [0.1, 0.15) is 0 Å². The maximum atomic E-state index is 4.19. The summed E-state index contributed by atoms with van der Waals surface area (Å²) in [6.07, 6.45) is 6.59. The molecule has 5 nitrogen and oxygen atoms in total. The highest BCUT2D eigenvalue weighted by molar-refractivity contribution is 7.98. The summed E-state index contributed by atoms with van der Waals surface area (Å²) in [6, 6.07) is 0.622. The Labute approximate surface area is 127 Å². The topological polar surface area (TPSA) is 46.0 Å². The maximum absolute atomic E-state index is 4.19. The summed E-state index contributed by atoms with van der Waals surface area (Å²) in [5.41, 5.74) is 1.02. The lowest BCUT2D eigenvalue weighted by Gasteiger charge is -2.24. The summed E-state index contributed by atoms with van der Waals surface area (Å²) in [5, 5.41) is 11.7. The van der Waals surface area contributed by atoms with Gasteiger partial charge in [-0.2, -0.15) is 11.8 Å². The lowest BCUT2D eigenvalue weighted by atomic mass is 10.2. The highest BCUT2D eigenvalue weighted by Gasteiger charge is 2.09. The van der Waals surface area contributed by atoms with Gasteiger partial charge >= 0.3 is 0 Å². The molecule has 1 atom stereocenters. The lowest BCUT2D eigenvalue weighted by Crippen LogP contribution is -2.32. The largest absolute Gasteiger partial charge is 0.311 e. The van der Waals surface area contributed by atoms with Gasteiger partial charge in [-0.1, -0.05) is 12.1 Å². The van der Waals surface area contributed by atoms with Gasteiger partial charge in [0.2, 0.25) is 0 Å². The summed E-state index contributed by atoms with van der Waals surface area (Å²) in [6.45, 7) is 8.22. The quantitative estimate of drug-likeness (QED) is 0.632. The molecule has 0 aliphatic rings. The van der Waals surface area contributed by atoms with Gasteiger partial charge in [0, 0.05) is 25.3 Å². The highest BCUT2D eigenvalue weighted by atomic mass is 32.2. The van der Waals surface area contributed by atoms with Crippen molar-refractivity contribution >= 4 is 11.8 Å². The maximum Gasteiger partial charge on any atom is 0.0964 e. The van der Waals surface area contributed by atoms with Gasteiger partial charge < -0.3 is 10.2 Å². The Hall–Kier alpha value is -0.590. The molecule has 0 bridgehead atoms. The monoisotopic (exact) mass is 299 g/mol. The van der Waals surface area contributed by atoms with Crippen LogP contribution >= 0.6 is 11.8 Å². The molecule has 0 radical (unpaired) electrons. The zero-order chi connectivity index (χ0) is 14.8. The summed E-state index contributed by atoms with van der Waals surface area (Å²) in [5.74, 6) is 1.22. The number of nitrogens with one attached hydrogen (secondary N) is 1. The zero-order valence-electron chi connectivity index (χ0n) is 13.3. The Bertz CT molecular complexity index is 355. The van der Waals surface area contributed by atoms with E-state index in [0.29, 0.717) is 6.04 Å². The van der Waals surface area contributed by atoms with E-state index in [1.807, 2.05) is 22.6 Å². The van der Waals surface area contributed by atoms with E-state index >= 15 is 0 Å². The van der Waals surface area contributed by atoms with Crippen LogP contribution in [-0.2, 0) is 13.1 Å². The molecular formula is C14H29N5S. The first-order chi connectivity index (χ1) is 9.67. The van der Waals surface area contributed by atoms with Crippen molar-refractivity contribution in [3.8, 4) is 0 Å². The Morgan fingerprint density at radius 1 is 1.50 bits per heavy atom. The van der Waals surface area contributed by atoms with E-state index in [0.717, 1.165) is 38.3 Å². The predicted molar refractivity (Wildman–Crippen MR) is 87.1 cm³/mol. The second kappa shape index (κ2) is 10.2. The van der Waals surface area contributed by atoms with Gasteiger partial charge in [0.05, 0.1) is 12.2 Å². The van der Waals surface area contributed by atoms with Crippen molar-refractivity contribution in [1.29, 1.82) is 0 Å². The minimum atomic E-state index is 0.622. The van der Waals surface area contributed by atoms with Crippen molar-refractivity contribution in [3.05, 3.63) is 11.9 Å². The molecule has 1 unspecified atom stereocenters. The second-order valence-corrected chi connectivity index (χ2v) is 6.25. The minimum Gasteiger partial charge on any atom is -0.311 e. The number of aromatic nitrogens is 3. The number of hydrogen-bond acceptors (Lipinski definition) is 5. The van der Waals surface area contributed by atoms with E-state index in [1.165, 1.54) is 12.2 Å². The molecule has 20 heavy (non-hydrogen) atoms. The number of thioether (sulfide) groups is 1. The smallest absolute Gasteiger partial charge is 0.0964 e. The van der Waals surface area contributed by atoms with Crippen molar-refractivity contribution in [2.24, 2.45) is 0 Å². The molecule has 116 valence electrons. The molecule has 1 rings (SSSR count). The second-order valence-electron chi connectivity index (χ2n) is 5.26. The number of nitrogens with zero attached hydrogens (tertiary/aromatic N) is 4. The van der Waals surface area contributed by atoms with Crippen LogP contribution in [0.4, 0.5) is 0 Å². The van der Waals surface area contributed by atoms with E-state index in [-0.39, 0.29) is 0 Å². The van der Waals surface area contributed by atoms with Gasteiger partial charge in [-0.15, -0.1) is 5.10 Å². The van der Waals surface area contributed by atoms with Crippen molar-refractivity contribution in [2.45, 2.75) is 45.8 Å². The van der Waals surface area contributed by atoms with Crippen LogP contribution < -0.4 is 5.32 Å². The average Bonchev–Trinajstić information content (AvgIpc) is 2.90. The zero-order valence-corrected chi connectivity index (χ0v) is 14.1. The van der Waals surface area contributed by atoms with E-state index in [2.05, 4.69) is 47.7 Å². The Morgan fingerprint density at radius 2 is 2.30 bits per heavy atom. The van der Waals surface area contributed by atoms with Crippen LogP contribution in [0.3, 0.4) is 0 Å². The molecule has 0 aromatic carbocycles. The molecule has 0 saturated carbocycles. The molecule has 1 aromatic heterocycles. The molecule has 1 heterocycles. The summed E-state index contributed by atoms with van der Waals surface area (Å²) < 4.78 is 1.95.